The van der Waals surface area contributed by atoms with Gasteiger partial charge in [0.25, 0.3) is 0 Å². The van der Waals surface area contributed by atoms with Crippen LogP contribution in [0.2, 0.25) is 0 Å². The molecule has 4 aliphatic rings. The molecule has 1 aromatic carbocycles. The molecular weight excluding hydrogens is 541 g/mol. The van der Waals surface area contributed by atoms with E-state index in [0.29, 0.717) is 19.5 Å². The number of methoxy groups -OCH3 is 1. The van der Waals surface area contributed by atoms with Crippen LogP contribution in [0.3, 0.4) is 0 Å². The van der Waals surface area contributed by atoms with Crippen LogP contribution in [0.15, 0.2) is 24.3 Å². The zero-order chi connectivity index (χ0) is 29.3. The number of rotatable bonds is 4. The number of benzene rings is 1. The topological polar surface area (TPSA) is 161 Å². The molecule has 224 valence electrons. The minimum atomic E-state index is -1.34. The molecule has 4 fully saturated rings. The molecule has 41 heavy (non-hydrogen) atoms. The number of fused-ring (bicyclic) bond motifs is 6. The fraction of sp³-hybridized carbons (Fsp3) is 0.630. The minimum absolute atomic E-state index is 0.0582. The average molecular weight is 578 g/mol. The second-order valence-electron chi connectivity index (χ2n) is 11.0. The van der Waals surface area contributed by atoms with E-state index in [4.69, 9.17) is 9.47 Å². The van der Waals surface area contributed by atoms with Crippen molar-refractivity contribution < 1.29 is 43.3 Å². The Morgan fingerprint density at radius 2 is 1.80 bits per heavy atom. The molecule has 1 aromatic rings. The summed E-state index contributed by atoms with van der Waals surface area (Å²) in [7, 11) is 1.38. The quantitative estimate of drug-likeness (QED) is 0.305. The second-order valence-corrected chi connectivity index (χ2v) is 11.0. The van der Waals surface area contributed by atoms with Crippen molar-refractivity contribution in [2.75, 3.05) is 46.4 Å². The number of carbonyl (C=O) groups is 4. The molecule has 4 N–H and O–H groups in total. The maximum absolute atomic E-state index is 13.9. The molecule has 5 rings (SSSR count). The largest absolute Gasteiger partial charge is 0.388 e. The fourth-order valence-corrected chi connectivity index (χ4v) is 6.14. The molecule has 6 bridgehead atoms. The monoisotopic (exact) mass is 577 g/mol. The van der Waals surface area contributed by atoms with Gasteiger partial charge in [-0.2, -0.15) is 0 Å². The summed E-state index contributed by atoms with van der Waals surface area (Å²) in [4.78, 5) is 57.8. The highest BCUT2D eigenvalue weighted by molar-refractivity contribution is 5.90. The first-order valence-electron chi connectivity index (χ1n) is 13.8. The highest BCUT2D eigenvalue weighted by Crippen LogP contribution is 2.27. The number of aliphatic hydroxyl groups is 2. The zero-order valence-electron chi connectivity index (χ0n) is 22.8. The lowest BCUT2D eigenvalue weighted by molar-refractivity contribution is -0.152. The highest BCUT2D eigenvalue weighted by Gasteiger charge is 2.46. The summed E-state index contributed by atoms with van der Waals surface area (Å²) in [5, 5.41) is 26.6. The molecule has 7 atom stereocenters. The van der Waals surface area contributed by atoms with E-state index < -0.39 is 60.3 Å². The number of amides is 4. The summed E-state index contributed by atoms with van der Waals surface area (Å²) >= 11 is 0. The van der Waals surface area contributed by atoms with Crippen LogP contribution in [0.1, 0.15) is 18.4 Å². The predicted molar refractivity (Wildman–Crippen MR) is 139 cm³/mol. The number of nitrogens with zero attached hydrogens (tertiary/aromatic N) is 3. The van der Waals surface area contributed by atoms with Crippen molar-refractivity contribution in [3.05, 3.63) is 35.6 Å². The summed E-state index contributed by atoms with van der Waals surface area (Å²) in [5.41, 5.74) is 0.789. The maximum Gasteiger partial charge on any atom is 0.249 e. The summed E-state index contributed by atoms with van der Waals surface area (Å²) < 4.78 is 24.2. The number of ether oxygens (including phenoxy) is 2. The zero-order valence-corrected chi connectivity index (χ0v) is 22.8. The van der Waals surface area contributed by atoms with Crippen molar-refractivity contribution in [1.29, 1.82) is 0 Å². The van der Waals surface area contributed by atoms with Gasteiger partial charge in [-0.15, -0.1) is 0 Å². The lowest BCUT2D eigenvalue weighted by atomic mass is 10.0. The van der Waals surface area contributed by atoms with E-state index in [0.717, 1.165) is 5.56 Å². The van der Waals surface area contributed by atoms with Gasteiger partial charge < -0.3 is 40.1 Å². The number of likely N-dealkylation sites (tertiary alicyclic amines) is 1. The van der Waals surface area contributed by atoms with Crippen LogP contribution in [-0.4, -0.2) is 138 Å². The van der Waals surface area contributed by atoms with Crippen molar-refractivity contribution >= 4 is 23.6 Å². The standard InChI is InChI=1S/C27H36FN5O8/c1-40-14-23(35)33-7-6-31-13-19(33)26(38)29-10-21-25(37)24(36)20(41-21)9-22(34)30-17-8-18(27(31)39)32(12-17)11-15-2-4-16(28)5-3-15/h2-5,17-21,24-25,36-37H,6-14H2,1H3,(H,29,38)(H,30,34)/t17-,18-,19-,20-,21+,24-,25+/m0/s1. The third-order valence-electron chi connectivity index (χ3n) is 8.26. The lowest BCUT2D eigenvalue weighted by Crippen LogP contribution is -2.64. The van der Waals surface area contributed by atoms with Gasteiger partial charge in [0.15, 0.2) is 0 Å². The van der Waals surface area contributed by atoms with E-state index in [1.54, 1.807) is 17.0 Å². The smallest absolute Gasteiger partial charge is 0.249 e. The second kappa shape index (κ2) is 12.4. The molecule has 4 heterocycles. The van der Waals surface area contributed by atoms with Crippen molar-refractivity contribution in [1.82, 2.24) is 25.3 Å². The third-order valence-corrected chi connectivity index (χ3v) is 8.26. The molecular formula is C27H36FN5O8. The van der Waals surface area contributed by atoms with E-state index >= 15 is 0 Å². The number of nitrogens with one attached hydrogen (secondary N) is 2. The van der Waals surface area contributed by atoms with E-state index in [1.807, 2.05) is 4.90 Å². The van der Waals surface area contributed by atoms with Crippen LogP contribution in [0.5, 0.6) is 0 Å². The van der Waals surface area contributed by atoms with Gasteiger partial charge in [-0.3, -0.25) is 24.1 Å². The Bertz CT molecular complexity index is 1160. The molecule has 0 spiro atoms. The van der Waals surface area contributed by atoms with E-state index in [-0.39, 0.29) is 50.9 Å². The highest BCUT2D eigenvalue weighted by atomic mass is 19.1. The molecule has 4 aliphatic heterocycles. The van der Waals surface area contributed by atoms with Crippen LogP contribution in [-0.2, 0) is 35.2 Å². The van der Waals surface area contributed by atoms with Gasteiger partial charge in [-0.25, -0.2) is 4.39 Å². The summed E-state index contributed by atoms with van der Waals surface area (Å²) in [6, 6.07) is 3.92. The molecule has 0 aliphatic carbocycles. The van der Waals surface area contributed by atoms with E-state index in [1.165, 1.54) is 24.1 Å². The number of carbonyl (C=O) groups excluding carboxylic acids is 4. The first-order valence-corrected chi connectivity index (χ1v) is 13.8. The fourth-order valence-electron chi connectivity index (χ4n) is 6.14. The number of halogens is 1. The molecule has 14 heteroatoms. The van der Waals surface area contributed by atoms with Gasteiger partial charge in [0.1, 0.15) is 36.8 Å². The van der Waals surface area contributed by atoms with Crippen molar-refractivity contribution in [3.63, 3.8) is 0 Å². The van der Waals surface area contributed by atoms with Crippen LogP contribution in [0.25, 0.3) is 0 Å². The molecule has 13 nitrogen and oxygen atoms in total. The summed E-state index contributed by atoms with van der Waals surface area (Å²) in [6.07, 6.45) is -4.54. The molecule has 0 saturated carbocycles. The van der Waals surface area contributed by atoms with Crippen LogP contribution in [0.4, 0.5) is 4.39 Å². The Morgan fingerprint density at radius 1 is 1.07 bits per heavy atom. The van der Waals surface area contributed by atoms with Gasteiger partial charge in [-0.1, -0.05) is 12.1 Å². The van der Waals surface area contributed by atoms with E-state index in [9.17, 15) is 33.8 Å². The van der Waals surface area contributed by atoms with Gasteiger partial charge in [0.2, 0.25) is 23.6 Å². The van der Waals surface area contributed by atoms with Gasteiger partial charge in [0.05, 0.1) is 25.1 Å². The summed E-state index contributed by atoms with van der Waals surface area (Å²) in [6.45, 7) is 0.534. The van der Waals surface area contributed by atoms with Gasteiger partial charge >= 0.3 is 0 Å². The van der Waals surface area contributed by atoms with Crippen molar-refractivity contribution in [2.45, 2.75) is 61.9 Å². The SMILES string of the molecule is COCC(=O)N1CCN2C[C@H]1C(=O)NC[C@H]1O[C@@H](CC(=O)N[C@H]3C[C@@H](C2=O)N(Cc2ccc(F)cc2)C3)[C@H](O)[C@@H]1O. The van der Waals surface area contributed by atoms with Crippen LogP contribution in [0, 0.1) is 5.82 Å². The minimum Gasteiger partial charge on any atom is -0.388 e. The van der Waals surface area contributed by atoms with Gasteiger partial charge in [-0.05, 0) is 24.1 Å². The summed E-state index contributed by atoms with van der Waals surface area (Å²) in [5.74, 6) is -1.95. The molecule has 0 radical (unpaired) electrons. The first-order chi connectivity index (χ1) is 19.6. The normalized spacial score (nSPS) is 33.1. The van der Waals surface area contributed by atoms with E-state index in [2.05, 4.69) is 10.6 Å². The molecule has 0 unspecified atom stereocenters. The molecule has 4 saturated heterocycles. The van der Waals surface area contributed by atoms with Crippen molar-refractivity contribution in [3.8, 4) is 0 Å². The Hall–Kier alpha value is -3.17. The van der Waals surface area contributed by atoms with Crippen LogP contribution < -0.4 is 10.6 Å². The third kappa shape index (κ3) is 6.36. The lowest BCUT2D eigenvalue weighted by Gasteiger charge is -2.42. The average Bonchev–Trinajstić information content (AvgIpc) is 3.46. The number of aliphatic hydroxyl groups excluding tert-OH is 2. The Balaban J connectivity index is 1.43. The van der Waals surface area contributed by atoms with Crippen molar-refractivity contribution in [2.24, 2.45) is 0 Å². The Morgan fingerprint density at radius 3 is 2.54 bits per heavy atom. The Labute approximate surface area is 236 Å². The molecule has 0 aromatic heterocycles. The number of hydrogen-bond donors (Lipinski definition) is 4. The van der Waals surface area contributed by atoms with Crippen LogP contribution >= 0.6 is 0 Å². The predicted octanol–water partition coefficient (Wildman–Crippen LogP) is -2.42. The molecule has 4 amide bonds. The van der Waals surface area contributed by atoms with Gasteiger partial charge in [0, 0.05) is 45.9 Å². The number of piperazine rings is 1. The Kier molecular flexibility index (Phi) is 8.85. The number of hydrogen-bond acceptors (Lipinski definition) is 9. The first kappa shape index (κ1) is 29.3. The maximum atomic E-state index is 13.9.